The van der Waals surface area contributed by atoms with Crippen LogP contribution in [0.2, 0.25) is 5.02 Å². The average molecular weight is 289 g/mol. The molecule has 0 bridgehead atoms. The molecule has 1 amide bonds. The first-order valence-electron chi connectivity index (χ1n) is 5.03. The summed E-state index contributed by atoms with van der Waals surface area (Å²) in [4.78, 5) is 15.9. The molecule has 1 atom stereocenters. The highest BCUT2D eigenvalue weighted by molar-refractivity contribution is 7.22. The van der Waals surface area contributed by atoms with Crippen molar-refractivity contribution in [3.63, 3.8) is 0 Å². The largest absolute Gasteiger partial charge is 0.302 e. The van der Waals surface area contributed by atoms with Gasteiger partial charge >= 0.3 is 0 Å². The summed E-state index contributed by atoms with van der Waals surface area (Å²) in [5, 5.41) is 3.98. The number of alkyl halides is 1. The molecule has 0 radical (unpaired) electrons. The lowest BCUT2D eigenvalue weighted by atomic mass is 10.2. The van der Waals surface area contributed by atoms with E-state index >= 15 is 0 Å². The van der Waals surface area contributed by atoms with Gasteiger partial charge in [-0.15, -0.1) is 11.6 Å². The van der Waals surface area contributed by atoms with E-state index in [1.54, 1.807) is 13.0 Å². The standard InChI is InChI=1S/C11H10Cl2N2OS/c1-6(5-12)10(16)15-11-14-8-3-2-7(13)4-9(8)17-11/h2-4,6H,5H2,1H3,(H,14,15,16). The van der Waals surface area contributed by atoms with Gasteiger partial charge in [0.1, 0.15) is 0 Å². The maximum absolute atomic E-state index is 11.6. The maximum atomic E-state index is 11.6. The molecule has 0 aliphatic carbocycles. The van der Waals surface area contributed by atoms with Crippen LogP contribution in [0.15, 0.2) is 18.2 Å². The van der Waals surface area contributed by atoms with Crippen LogP contribution in [0.3, 0.4) is 0 Å². The molecule has 3 nitrogen and oxygen atoms in total. The summed E-state index contributed by atoms with van der Waals surface area (Å²) in [7, 11) is 0. The first kappa shape index (κ1) is 12.6. The Balaban J connectivity index is 2.22. The molecule has 17 heavy (non-hydrogen) atoms. The van der Waals surface area contributed by atoms with Gasteiger partial charge in [-0.05, 0) is 18.2 Å². The van der Waals surface area contributed by atoms with E-state index in [4.69, 9.17) is 23.2 Å². The Kier molecular flexibility index (Phi) is 3.86. The summed E-state index contributed by atoms with van der Waals surface area (Å²) in [6.07, 6.45) is 0. The summed E-state index contributed by atoms with van der Waals surface area (Å²) in [5.74, 6) is -0.0554. The number of thiazole rings is 1. The number of carbonyl (C=O) groups excluding carboxylic acids is 1. The molecule has 1 N–H and O–H groups in total. The fourth-order valence-electron chi connectivity index (χ4n) is 1.25. The Bertz CT molecular complexity index is 555. The number of benzene rings is 1. The van der Waals surface area contributed by atoms with E-state index in [0.717, 1.165) is 10.2 Å². The zero-order valence-corrected chi connectivity index (χ0v) is 11.4. The molecule has 90 valence electrons. The third kappa shape index (κ3) is 2.89. The number of rotatable bonds is 3. The van der Waals surface area contributed by atoms with Gasteiger partial charge in [0.05, 0.1) is 10.2 Å². The summed E-state index contributed by atoms with van der Waals surface area (Å²) in [6.45, 7) is 1.77. The van der Waals surface area contributed by atoms with Gasteiger partial charge in [-0.25, -0.2) is 4.98 Å². The van der Waals surface area contributed by atoms with Crippen molar-refractivity contribution in [2.45, 2.75) is 6.92 Å². The van der Waals surface area contributed by atoms with E-state index in [2.05, 4.69) is 10.3 Å². The molecule has 1 aromatic heterocycles. The minimum Gasteiger partial charge on any atom is -0.302 e. The highest BCUT2D eigenvalue weighted by Crippen LogP contribution is 2.28. The van der Waals surface area contributed by atoms with E-state index in [1.165, 1.54) is 11.3 Å². The van der Waals surface area contributed by atoms with Crippen molar-refractivity contribution in [2.75, 3.05) is 11.2 Å². The van der Waals surface area contributed by atoms with Crippen molar-refractivity contribution in [2.24, 2.45) is 5.92 Å². The molecular weight excluding hydrogens is 279 g/mol. The van der Waals surface area contributed by atoms with Gasteiger partial charge in [-0.3, -0.25) is 4.79 Å². The summed E-state index contributed by atoms with van der Waals surface area (Å²) in [5.41, 5.74) is 0.827. The zero-order chi connectivity index (χ0) is 12.4. The molecule has 0 fully saturated rings. The van der Waals surface area contributed by atoms with E-state index in [1.807, 2.05) is 12.1 Å². The number of anilines is 1. The fourth-order valence-corrected chi connectivity index (χ4v) is 2.54. The Labute approximate surface area is 113 Å². The van der Waals surface area contributed by atoms with Crippen molar-refractivity contribution < 1.29 is 4.79 Å². The topological polar surface area (TPSA) is 42.0 Å². The third-order valence-electron chi connectivity index (χ3n) is 2.26. The van der Waals surface area contributed by atoms with Crippen LogP contribution in [-0.4, -0.2) is 16.8 Å². The van der Waals surface area contributed by atoms with E-state index in [9.17, 15) is 4.79 Å². The lowest BCUT2D eigenvalue weighted by molar-refractivity contribution is -0.118. The average Bonchev–Trinajstić information content (AvgIpc) is 2.69. The summed E-state index contributed by atoms with van der Waals surface area (Å²) >= 11 is 12.9. The molecule has 0 saturated carbocycles. The van der Waals surface area contributed by atoms with Crippen LogP contribution in [0.1, 0.15) is 6.92 Å². The summed E-state index contributed by atoms with van der Waals surface area (Å²) < 4.78 is 0.950. The van der Waals surface area contributed by atoms with E-state index < -0.39 is 0 Å². The Morgan fingerprint density at radius 3 is 3.06 bits per heavy atom. The van der Waals surface area contributed by atoms with Crippen LogP contribution < -0.4 is 5.32 Å². The molecule has 0 spiro atoms. The van der Waals surface area contributed by atoms with Crippen molar-refractivity contribution in [3.05, 3.63) is 23.2 Å². The highest BCUT2D eigenvalue weighted by Gasteiger charge is 2.13. The van der Waals surface area contributed by atoms with Crippen LogP contribution in [-0.2, 0) is 4.79 Å². The number of halogens is 2. The van der Waals surface area contributed by atoms with Crippen LogP contribution in [0.25, 0.3) is 10.2 Å². The van der Waals surface area contributed by atoms with Gasteiger partial charge in [0.25, 0.3) is 0 Å². The predicted octanol–water partition coefficient (Wildman–Crippen LogP) is 3.76. The number of nitrogens with zero attached hydrogens (tertiary/aromatic N) is 1. The monoisotopic (exact) mass is 288 g/mol. The summed E-state index contributed by atoms with van der Waals surface area (Å²) in [6, 6.07) is 5.43. The molecule has 1 aromatic carbocycles. The number of hydrogen-bond acceptors (Lipinski definition) is 3. The second kappa shape index (κ2) is 5.21. The van der Waals surface area contributed by atoms with Gasteiger partial charge < -0.3 is 5.32 Å². The Morgan fingerprint density at radius 2 is 2.35 bits per heavy atom. The number of fused-ring (bicyclic) bond motifs is 1. The van der Waals surface area contributed by atoms with Crippen LogP contribution >= 0.6 is 34.5 Å². The Hall–Kier alpha value is -0.840. The van der Waals surface area contributed by atoms with E-state index in [-0.39, 0.29) is 11.8 Å². The first-order chi connectivity index (χ1) is 8.10. The molecule has 1 heterocycles. The SMILES string of the molecule is CC(CCl)C(=O)Nc1nc2ccc(Cl)cc2s1. The molecule has 0 saturated heterocycles. The number of amides is 1. The molecule has 6 heteroatoms. The fraction of sp³-hybridized carbons (Fsp3) is 0.273. The highest BCUT2D eigenvalue weighted by atomic mass is 35.5. The first-order valence-corrected chi connectivity index (χ1v) is 6.76. The molecule has 2 rings (SSSR count). The maximum Gasteiger partial charge on any atom is 0.230 e. The smallest absolute Gasteiger partial charge is 0.230 e. The number of aromatic nitrogens is 1. The van der Waals surface area contributed by atoms with Gasteiger partial charge in [-0.1, -0.05) is 29.9 Å². The third-order valence-corrected chi connectivity index (χ3v) is 3.89. The Morgan fingerprint density at radius 1 is 1.59 bits per heavy atom. The second-order valence-corrected chi connectivity index (χ2v) is 5.45. The van der Waals surface area contributed by atoms with Gasteiger partial charge in [0.2, 0.25) is 5.91 Å². The molecule has 0 aliphatic rings. The second-order valence-electron chi connectivity index (χ2n) is 3.68. The molecule has 0 aliphatic heterocycles. The van der Waals surface area contributed by atoms with Crippen LogP contribution in [0.5, 0.6) is 0 Å². The van der Waals surface area contributed by atoms with Crippen LogP contribution in [0.4, 0.5) is 5.13 Å². The van der Waals surface area contributed by atoms with Crippen molar-refractivity contribution >= 4 is 55.8 Å². The quantitative estimate of drug-likeness (QED) is 0.874. The molecular formula is C11H10Cl2N2OS. The normalized spacial score (nSPS) is 12.6. The van der Waals surface area contributed by atoms with Crippen molar-refractivity contribution in [1.82, 2.24) is 4.98 Å². The van der Waals surface area contributed by atoms with Gasteiger partial charge in [0, 0.05) is 16.8 Å². The lowest BCUT2D eigenvalue weighted by Gasteiger charge is -2.05. The number of hydrogen-bond donors (Lipinski definition) is 1. The zero-order valence-electron chi connectivity index (χ0n) is 9.04. The van der Waals surface area contributed by atoms with Gasteiger partial charge in [-0.2, -0.15) is 0 Å². The number of nitrogens with one attached hydrogen (secondary N) is 1. The molecule has 2 aromatic rings. The lowest BCUT2D eigenvalue weighted by Crippen LogP contribution is -2.21. The minimum absolute atomic E-state index is 0.120. The van der Waals surface area contributed by atoms with E-state index in [0.29, 0.717) is 16.0 Å². The van der Waals surface area contributed by atoms with Crippen LogP contribution in [0, 0.1) is 5.92 Å². The van der Waals surface area contributed by atoms with Crippen molar-refractivity contribution in [1.29, 1.82) is 0 Å². The van der Waals surface area contributed by atoms with Gasteiger partial charge in [0.15, 0.2) is 5.13 Å². The minimum atomic E-state index is -0.229. The number of carbonyl (C=O) groups is 1. The predicted molar refractivity (Wildman–Crippen MR) is 73.1 cm³/mol. The van der Waals surface area contributed by atoms with Crippen molar-refractivity contribution in [3.8, 4) is 0 Å². The molecule has 1 unspecified atom stereocenters.